The molecule has 0 aliphatic rings. The zero-order chi connectivity index (χ0) is 17.5. The second kappa shape index (κ2) is 6.21. The molecule has 0 aliphatic carbocycles. The number of para-hydroxylation sites is 1. The van der Waals surface area contributed by atoms with Gasteiger partial charge in [0.25, 0.3) is 0 Å². The van der Waals surface area contributed by atoms with Gasteiger partial charge in [-0.05, 0) is 42.7 Å². The van der Waals surface area contributed by atoms with E-state index in [4.69, 9.17) is 8.83 Å². The first-order valence-electron chi connectivity index (χ1n) is 9.60. The van der Waals surface area contributed by atoms with Gasteiger partial charge in [-0.1, -0.05) is 56.5 Å². The lowest BCUT2D eigenvalue weighted by Gasteiger charge is -2.01. The lowest BCUT2D eigenvalue weighted by atomic mass is 10.0. The third-order valence-corrected chi connectivity index (χ3v) is 5.35. The van der Waals surface area contributed by atoms with Crippen molar-refractivity contribution < 1.29 is 8.83 Å². The zero-order valence-electron chi connectivity index (χ0n) is 15.0. The standard InChI is InChI=1S/C24H22O2/c1-2-3-4-5-8-16-11-12-18-20-15-23-19(14-24(20)26-22(18)13-16)17-9-6-7-10-21(17)25-23/h6-7,9-15H,2-5,8H2,1H3. The summed E-state index contributed by atoms with van der Waals surface area (Å²) in [5.41, 5.74) is 5.12. The Bertz CT molecular complexity index is 1220. The molecule has 5 aromatic rings. The zero-order valence-corrected chi connectivity index (χ0v) is 15.0. The van der Waals surface area contributed by atoms with Gasteiger partial charge < -0.3 is 8.83 Å². The van der Waals surface area contributed by atoms with E-state index in [0.717, 1.165) is 44.9 Å². The molecular formula is C24H22O2. The van der Waals surface area contributed by atoms with E-state index in [1.165, 1.54) is 36.6 Å². The minimum absolute atomic E-state index is 0.921. The van der Waals surface area contributed by atoms with Crippen LogP contribution in [0.25, 0.3) is 43.9 Å². The van der Waals surface area contributed by atoms with Crippen molar-refractivity contribution in [3.8, 4) is 0 Å². The molecule has 0 unspecified atom stereocenters. The first kappa shape index (κ1) is 15.5. The van der Waals surface area contributed by atoms with Gasteiger partial charge in [0.1, 0.15) is 22.3 Å². The Morgan fingerprint density at radius 2 is 1.31 bits per heavy atom. The summed E-state index contributed by atoms with van der Waals surface area (Å²) in [6.07, 6.45) is 6.27. The molecule has 0 atom stereocenters. The molecule has 0 bridgehead atoms. The molecule has 0 saturated carbocycles. The summed E-state index contributed by atoms with van der Waals surface area (Å²) in [6.45, 7) is 2.25. The number of hydrogen-bond acceptors (Lipinski definition) is 2. The van der Waals surface area contributed by atoms with Crippen LogP contribution in [0.1, 0.15) is 38.2 Å². The summed E-state index contributed by atoms with van der Waals surface area (Å²) in [7, 11) is 0. The van der Waals surface area contributed by atoms with E-state index < -0.39 is 0 Å². The highest BCUT2D eigenvalue weighted by atomic mass is 16.3. The molecule has 2 heterocycles. The van der Waals surface area contributed by atoms with Gasteiger partial charge in [0, 0.05) is 21.5 Å². The van der Waals surface area contributed by atoms with Crippen molar-refractivity contribution in [1.82, 2.24) is 0 Å². The van der Waals surface area contributed by atoms with Crippen LogP contribution in [0.5, 0.6) is 0 Å². The molecule has 0 amide bonds. The van der Waals surface area contributed by atoms with E-state index in [1.54, 1.807) is 0 Å². The average molecular weight is 342 g/mol. The fourth-order valence-electron chi connectivity index (χ4n) is 3.95. The minimum Gasteiger partial charge on any atom is -0.456 e. The Morgan fingerprint density at radius 1 is 0.615 bits per heavy atom. The van der Waals surface area contributed by atoms with Gasteiger partial charge in [-0.15, -0.1) is 0 Å². The topological polar surface area (TPSA) is 26.3 Å². The monoisotopic (exact) mass is 342 g/mol. The second-order valence-corrected chi connectivity index (χ2v) is 7.19. The Kier molecular flexibility index (Phi) is 3.70. The lowest BCUT2D eigenvalue weighted by Crippen LogP contribution is -1.85. The molecule has 26 heavy (non-hydrogen) atoms. The minimum atomic E-state index is 0.921. The number of hydrogen-bond donors (Lipinski definition) is 0. The molecule has 0 radical (unpaired) electrons. The van der Waals surface area contributed by atoms with Crippen LogP contribution in [-0.4, -0.2) is 0 Å². The summed E-state index contributed by atoms with van der Waals surface area (Å²) >= 11 is 0. The molecule has 2 nitrogen and oxygen atoms in total. The van der Waals surface area contributed by atoms with Crippen LogP contribution < -0.4 is 0 Å². The lowest BCUT2D eigenvalue weighted by molar-refractivity contribution is 0.658. The van der Waals surface area contributed by atoms with Crippen molar-refractivity contribution >= 4 is 43.9 Å². The average Bonchev–Trinajstić information content (AvgIpc) is 3.20. The summed E-state index contributed by atoms with van der Waals surface area (Å²) in [5.74, 6) is 0. The quantitative estimate of drug-likeness (QED) is 0.307. The van der Waals surface area contributed by atoms with Gasteiger partial charge in [0.2, 0.25) is 0 Å². The number of unbranched alkanes of at least 4 members (excludes halogenated alkanes) is 3. The van der Waals surface area contributed by atoms with E-state index in [0.29, 0.717) is 0 Å². The highest BCUT2D eigenvalue weighted by Gasteiger charge is 2.13. The van der Waals surface area contributed by atoms with Crippen LogP contribution >= 0.6 is 0 Å². The van der Waals surface area contributed by atoms with Gasteiger partial charge in [0.15, 0.2) is 0 Å². The molecule has 0 N–H and O–H groups in total. The van der Waals surface area contributed by atoms with Crippen molar-refractivity contribution in [3.63, 3.8) is 0 Å². The molecule has 2 aromatic heterocycles. The van der Waals surface area contributed by atoms with E-state index >= 15 is 0 Å². The van der Waals surface area contributed by atoms with Crippen LogP contribution in [0.15, 0.2) is 63.4 Å². The van der Waals surface area contributed by atoms with E-state index in [9.17, 15) is 0 Å². The molecule has 2 heteroatoms. The van der Waals surface area contributed by atoms with Gasteiger partial charge >= 0.3 is 0 Å². The Morgan fingerprint density at radius 3 is 2.12 bits per heavy atom. The summed E-state index contributed by atoms with van der Waals surface area (Å²) in [5, 5.41) is 4.55. The van der Waals surface area contributed by atoms with Crippen LogP contribution in [0.2, 0.25) is 0 Å². The fourth-order valence-corrected chi connectivity index (χ4v) is 3.95. The number of fused-ring (bicyclic) bond motifs is 6. The predicted octanol–water partition coefficient (Wildman–Crippen LogP) is 7.61. The van der Waals surface area contributed by atoms with Gasteiger partial charge in [-0.3, -0.25) is 0 Å². The largest absolute Gasteiger partial charge is 0.456 e. The maximum absolute atomic E-state index is 6.21. The van der Waals surface area contributed by atoms with E-state index in [2.05, 4.69) is 43.3 Å². The van der Waals surface area contributed by atoms with Crippen molar-refractivity contribution in [1.29, 1.82) is 0 Å². The molecule has 3 aromatic carbocycles. The SMILES string of the molecule is CCCCCCc1ccc2c(c1)oc1cc3c(cc12)oc1ccccc13. The third kappa shape index (κ3) is 2.48. The number of aryl methyl sites for hydroxylation is 1. The second-order valence-electron chi connectivity index (χ2n) is 7.19. The summed E-state index contributed by atoms with van der Waals surface area (Å²) in [4.78, 5) is 0. The van der Waals surface area contributed by atoms with Gasteiger partial charge in [0.05, 0.1) is 0 Å². The molecule has 0 spiro atoms. The normalized spacial score (nSPS) is 12.0. The van der Waals surface area contributed by atoms with Crippen molar-refractivity contribution in [2.24, 2.45) is 0 Å². The highest BCUT2D eigenvalue weighted by Crippen LogP contribution is 2.36. The van der Waals surface area contributed by atoms with Crippen LogP contribution in [0, 0.1) is 0 Å². The number of rotatable bonds is 5. The first-order valence-corrected chi connectivity index (χ1v) is 9.60. The molecular weight excluding hydrogens is 320 g/mol. The van der Waals surface area contributed by atoms with E-state index in [-0.39, 0.29) is 0 Å². The van der Waals surface area contributed by atoms with Gasteiger partial charge in [-0.25, -0.2) is 0 Å². The third-order valence-electron chi connectivity index (χ3n) is 5.35. The van der Waals surface area contributed by atoms with Crippen LogP contribution in [0.3, 0.4) is 0 Å². The maximum Gasteiger partial charge on any atom is 0.136 e. The fraction of sp³-hybridized carbons (Fsp3) is 0.250. The molecule has 0 saturated heterocycles. The first-order chi connectivity index (χ1) is 12.8. The smallest absolute Gasteiger partial charge is 0.136 e. The van der Waals surface area contributed by atoms with Crippen molar-refractivity contribution in [2.75, 3.05) is 0 Å². The number of furan rings is 2. The molecule has 130 valence electrons. The Labute approximate surface area is 152 Å². The Hall–Kier alpha value is -2.74. The predicted molar refractivity (Wildman–Crippen MR) is 109 cm³/mol. The molecule has 5 rings (SSSR count). The van der Waals surface area contributed by atoms with Crippen molar-refractivity contribution in [2.45, 2.75) is 39.0 Å². The molecule has 0 aliphatic heterocycles. The maximum atomic E-state index is 6.21. The van der Waals surface area contributed by atoms with Crippen LogP contribution in [0.4, 0.5) is 0 Å². The van der Waals surface area contributed by atoms with Gasteiger partial charge in [-0.2, -0.15) is 0 Å². The number of benzene rings is 3. The summed E-state index contributed by atoms with van der Waals surface area (Å²) in [6, 6.07) is 19.1. The highest BCUT2D eigenvalue weighted by molar-refractivity contribution is 6.14. The Balaban J connectivity index is 1.60. The summed E-state index contributed by atoms with van der Waals surface area (Å²) < 4.78 is 12.2. The van der Waals surface area contributed by atoms with Crippen molar-refractivity contribution in [3.05, 3.63) is 60.2 Å². The molecule has 0 fully saturated rings. The van der Waals surface area contributed by atoms with E-state index in [1.807, 2.05) is 18.2 Å². The van der Waals surface area contributed by atoms with Crippen LogP contribution in [-0.2, 0) is 6.42 Å².